The van der Waals surface area contributed by atoms with Crippen molar-refractivity contribution in [3.63, 3.8) is 0 Å². The maximum atomic E-state index is 13.7. The fourth-order valence-electron chi connectivity index (χ4n) is 4.72. The molecule has 39 heavy (non-hydrogen) atoms. The summed E-state index contributed by atoms with van der Waals surface area (Å²) in [5.41, 5.74) is 3.60. The molecule has 190 valence electrons. The second-order valence-corrected chi connectivity index (χ2v) is 11.0. The second-order valence-electron chi connectivity index (χ2n) is 9.07. The molecule has 5 aromatic rings. The number of nitrogens with one attached hydrogen (secondary N) is 2. The van der Waals surface area contributed by atoms with E-state index in [1.165, 1.54) is 12.1 Å². The Bertz CT molecular complexity index is 1830. The Morgan fingerprint density at radius 2 is 0.846 bits per heavy atom. The molecule has 0 bridgehead atoms. The summed E-state index contributed by atoms with van der Waals surface area (Å²) in [5, 5.41) is 6.50. The molecule has 0 saturated heterocycles. The first kappa shape index (κ1) is 24.3. The number of hydrogen-bond donors (Lipinski definition) is 2. The van der Waals surface area contributed by atoms with Crippen LogP contribution in [0.1, 0.15) is 31.8 Å². The molecule has 0 aromatic heterocycles. The van der Waals surface area contributed by atoms with E-state index < -0.39 is 9.84 Å². The largest absolute Gasteiger partial charge is 0.355 e. The number of sulfone groups is 1. The monoisotopic (exact) mass is 530 g/mol. The SMILES string of the molecule is O=C1c2ccccc2C(=O)c2c(Nc3ccc(S(=O)(=O)c4ccccc4)cc3)ccc(Nc3ccccc3)c21. The van der Waals surface area contributed by atoms with E-state index in [0.717, 1.165) is 5.69 Å². The van der Waals surface area contributed by atoms with Crippen molar-refractivity contribution in [1.82, 2.24) is 0 Å². The number of para-hydroxylation sites is 1. The van der Waals surface area contributed by atoms with Gasteiger partial charge in [0.2, 0.25) is 9.84 Å². The van der Waals surface area contributed by atoms with E-state index in [4.69, 9.17) is 0 Å². The highest BCUT2D eigenvalue weighted by Gasteiger charge is 2.34. The van der Waals surface area contributed by atoms with Crippen LogP contribution in [-0.2, 0) is 9.84 Å². The molecule has 0 saturated carbocycles. The summed E-state index contributed by atoms with van der Waals surface area (Å²) in [6.07, 6.45) is 0. The average molecular weight is 531 g/mol. The van der Waals surface area contributed by atoms with Crippen LogP contribution in [0.4, 0.5) is 22.7 Å². The van der Waals surface area contributed by atoms with E-state index in [2.05, 4.69) is 10.6 Å². The molecule has 1 aliphatic carbocycles. The lowest BCUT2D eigenvalue weighted by molar-refractivity contribution is 0.0980. The summed E-state index contributed by atoms with van der Waals surface area (Å²) in [6, 6.07) is 34.3. The van der Waals surface area contributed by atoms with Crippen LogP contribution in [0.5, 0.6) is 0 Å². The van der Waals surface area contributed by atoms with Gasteiger partial charge in [-0.2, -0.15) is 0 Å². The number of benzene rings is 5. The maximum Gasteiger partial charge on any atom is 0.206 e. The van der Waals surface area contributed by atoms with Crippen molar-refractivity contribution in [2.45, 2.75) is 9.79 Å². The molecule has 0 fully saturated rings. The van der Waals surface area contributed by atoms with Crippen LogP contribution in [0.2, 0.25) is 0 Å². The molecule has 0 spiro atoms. The fraction of sp³-hybridized carbons (Fsp3) is 0. The number of fused-ring (bicyclic) bond motifs is 2. The van der Waals surface area contributed by atoms with Gasteiger partial charge in [-0.15, -0.1) is 0 Å². The summed E-state index contributed by atoms with van der Waals surface area (Å²) in [4.78, 5) is 27.8. The fourth-order valence-corrected chi connectivity index (χ4v) is 6.00. The van der Waals surface area contributed by atoms with E-state index in [-0.39, 0.29) is 32.5 Å². The van der Waals surface area contributed by atoms with Gasteiger partial charge in [0, 0.05) is 22.5 Å². The van der Waals surface area contributed by atoms with Crippen LogP contribution in [0.15, 0.2) is 131 Å². The third-order valence-corrected chi connectivity index (χ3v) is 8.41. The molecule has 0 amide bonds. The summed E-state index contributed by atoms with van der Waals surface area (Å²) < 4.78 is 25.9. The van der Waals surface area contributed by atoms with Crippen molar-refractivity contribution in [2.24, 2.45) is 0 Å². The lowest BCUT2D eigenvalue weighted by atomic mass is 9.82. The first-order chi connectivity index (χ1) is 18.9. The minimum absolute atomic E-state index is 0.156. The number of hydrogen-bond acceptors (Lipinski definition) is 6. The Morgan fingerprint density at radius 1 is 0.436 bits per heavy atom. The number of ketones is 2. The number of anilines is 4. The third kappa shape index (κ3) is 4.39. The Balaban J connectivity index is 1.40. The zero-order valence-corrected chi connectivity index (χ0v) is 21.4. The van der Waals surface area contributed by atoms with Gasteiger partial charge in [-0.1, -0.05) is 60.7 Å². The highest BCUT2D eigenvalue weighted by Crippen LogP contribution is 2.38. The second kappa shape index (κ2) is 9.70. The molecule has 0 atom stereocenters. The van der Waals surface area contributed by atoms with Gasteiger partial charge in [-0.05, 0) is 60.7 Å². The van der Waals surface area contributed by atoms with Gasteiger partial charge in [0.05, 0.1) is 32.3 Å². The molecular formula is C32H22N2O4S. The molecule has 5 aromatic carbocycles. The Labute approximate surface area is 225 Å². The quantitative estimate of drug-likeness (QED) is 0.247. The van der Waals surface area contributed by atoms with Crippen molar-refractivity contribution in [3.8, 4) is 0 Å². The van der Waals surface area contributed by atoms with Crippen LogP contribution >= 0.6 is 0 Å². The van der Waals surface area contributed by atoms with Gasteiger partial charge < -0.3 is 10.6 Å². The summed E-state index contributed by atoms with van der Waals surface area (Å²) >= 11 is 0. The van der Waals surface area contributed by atoms with E-state index in [1.54, 1.807) is 78.9 Å². The predicted molar refractivity (Wildman–Crippen MR) is 151 cm³/mol. The summed E-state index contributed by atoms with van der Waals surface area (Å²) in [7, 11) is -3.66. The van der Waals surface area contributed by atoms with E-state index in [0.29, 0.717) is 28.2 Å². The Kier molecular flexibility index (Phi) is 6.05. The highest BCUT2D eigenvalue weighted by molar-refractivity contribution is 7.91. The Hall–Kier alpha value is -5.01. The summed E-state index contributed by atoms with van der Waals surface area (Å²) in [6.45, 7) is 0. The van der Waals surface area contributed by atoms with E-state index in [1.807, 2.05) is 30.3 Å². The first-order valence-corrected chi connectivity index (χ1v) is 13.8. The zero-order valence-electron chi connectivity index (χ0n) is 20.6. The standard InChI is InChI=1S/C32H22N2O4S/c35-31-25-13-7-8-14-26(25)32(36)30-28(20-19-27(29(30)31)33-21-9-3-1-4-10-21)34-22-15-17-24(18-16-22)39(37,38)23-11-5-2-6-12-23/h1-20,33-34H. The molecular weight excluding hydrogens is 508 g/mol. The first-order valence-electron chi connectivity index (χ1n) is 12.3. The maximum absolute atomic E-state index is 13.7. The van der Waals surface area contributed by atoms with Crippen LogP contribution in [0.3, 0.4) is 0 Å². The van der Waals surface area contributed by atoms with Crippen LogP contribution in [0, 0.1) is 0 Å². The minimum atomic E-state index is -3.66. The van der Waals surface area contributed by atoms with Gasteiger partial charge in [0.25, 0.3) is 0 Å². The predicted octanol–water partition coefficient (Wildman–Crippen LogP) is 6.78. The summed E-state index contributed by atoms with van der Waals surface area (Å²) in [5.74, 6) is -0.505. The van der Waals surface area contributed by atoms with Crippen LogP contribution in [0.25, 0.3) is 0 Å². The molecule has 2 N–H and O–H groups in total. The zero-order chi connectivity index (χ0) is 27.0. The van der Waals surface area contributed by atoms with Crippen molar-refractivity contribution < 1.29 is 18.0 Å². The number of carbonyl (C=O) groups is 2. The van der Waals surface area contributed by atoms with Crippen molar-refractivity contribution in [2.75, 3.05) is 10.6 Å². The molecule has 0 aliphatic heterocycles. The topological polar surface area (TPSA) is 92.3 Å². The molecule has 0 heterocycles. The average Bonchev–Trinajstić information content (AvgIpc) is 2.98. The van der Waals surface area contributed by atoms with Crippen molar-refractivity contribution in [1.29, 1.82) is 0 Å². The molecule has 0 unspecified atom stereocenters. The van der Waals surface area contributed by atoms with E-state index in [9.17, 15) is 18.0 Å². The minimum Gasteiger partial charge on any atom is -0.355 e. The third-order valence-electron chi connectivity index (χ3n) is 6.63. The lowest BCUT2D eigenvalue weighted by Gasteiger charge is -2.24. The normalized spacial score (nSPS) is 12.4. The molecule has 7 heteroatoms. The van der Waals surface area contributed by atoms with Crippen molar-refractivity contribution in [3.05, 3.63) is 144 Å². The van der Waals surface area contributed by atoms with Gasteiger partial charge in [-0.25, -0.2) is 8.42 Å². The molecule has 0 radical (unpaired) electrons. The van der Waals surface area contributed by atoms with E-state index >= 15 is 0 Å². The van der Waals surface area contributed by atoms with Gasteiger partial charge in [0.1, 0.15) is 0 Å². The van der Waals surface area contributed by atoms with Crippen molar-refractivity contribution >= 4 is 44.2 Å². The number of rotatable bonds is 6. The van der Waals surface area contributed by atoms with Gasteiger partial charge in [-0.3, -0.25) is 9.59 Å². The molecule has 6 rings (SSSR count). The number of carbonyl (C=O) groups excluding carboxylic acids is 2. The smallest absolute Gasteiger partial charge is 0.206 e. The lowest BCUT2D eigenvalue weighted by Crippen LogP contribution is -2.23. The van der Waals surface area contributed by atoms with Crippen LogP contribution < -0.4 is 10.6 Å². The molecule has 1 aliphatic rings. The van der Waals surface area contributed by atoms with Gasteiger partial charge in [0.15, 0.2) is 11.6 Å². The Morgan fingerprint density at radius 3 is 1.36 bits per heavy atom. The highest BCUT2D eigenvalue weighted by atomic mass is 32.2. The van der Waals surface area contributed by atoms with Crippen LogP contribution in [-0.4, -0.2) is 20.0 Å². The molecule has 6 nitrogen and oxygen atoms in total. The van der Waals surface area contributed by atoms with Gasteiger partial charge >= 0.3 is 0 Å².